The van der Waals surface area contributed by atoms with Crippen molar-refractivity contribution in [3.8, 4) is 10.6 Å². The molecule has 0 saturated carbocycles. The number of rotatable bonds is 5. The van der Waals surface area contributed by atoms with Gasteiger partial charge in [-0.05, 0) is 30.5 Å². The summed E-state index contributed by atoms with van der Waals surface area (Å²) in [4.78, 5) is 17.5. The third-order valence-corrected chi connectivity index (χ3v) is 4.17. The molecule has 1 amide bonds. The number of amides is 1. The van der Waals surface area contributed by atoms with Crippen molar-refractivity contribution in [2.24, 2.45) is 0 Å². The van der Waals surface area contributed by atoms with Gasteiger partial charge in [-0.3, -0.25) is 9.78 Å². The van der Waals surface area contributed by atoms with Crippen molar-refractivity contribution in [2.75, 3.05) is 11.9 Å². The van der Waals surface area contributed by atoms with Crippen LogP contribution in [0.15, 0.2) is 41.9 Å². The summed E-state index contributed by atoms with van der Waals surface area (Å²) < 4.78 is 1.59. The highest BCUT2D eigenvalue weighted by atomic mass is 32.1. The molecule has 0 atom stereocenters. The number of aliphatic hydroxyl groups excluding tert-OH is 1. The molecule has 0 unspecified atom stereocenters. The largest absolute Gasteiger partial charge is 0.394 e. The van der Waals surface area contributed by atoms with E-state index < -0.39 is 0 Å². The van der Waals surface area contributed by atoms with Gasteiger partial charge in [0.05, 0.1) is 23.6 Å². The fourth-order valence-electron chi connectivity index (χ4n) is 2.12. The Morgan fingerprint density at radius 2 is 2.26 bits per heavy atom. The summed E-state index contributed by atoms with van der Waals surface area (Å²) in [6, 6.07) is 9.23. The van der Waals surface area contributed by atoms with Crippen molar-refractivity contribution >= 4 is 23.1 Å². The first-order valence-electron chi connectivity index (χ1n) is 7.14. The molecular weight excluding hydrogens is 312 g/mol. The first-order chi connectivity index (χ1) is 11.2. The van der Waals surface area contributed by atoms with E-state index in [-0.39, 0.29) is 12.5 Å². The Morgan fingerprint density at radius 1 is 1.39 bits per heavy atom. The average Bonchev–Trinajstić information content (AvgIpc) is 3.18. The van der Waals surface area contributed by atoms with Crippen LogP contribution in [0.4, 0.5) is 5.82 Å². The molecule has 3 heterocycles. The zero-order valence-corrected chi connectivity index (χ0v) is 13.4. The van der Waals surface area contributed by atoms with E-state index in [9.17, 15) is 9.90 Å². The molecule has 2 N–H and O–H groups in total. The van der Waals surface area contributed by atoms with Gasteiger partial charge in [-0.1, -0.05) is 6.07 Å². The third kappa shape index (κ3) is 3.46. The molecule has 0 aliphatic heterocycles. The summed E-state index contributed by atoms with van der Waals surface area (Å²) in [5.74, 6) is 0.294. The van der Waals surface area contributed by atoms with E-state index in [2.05, 4.69) is 15.4 Å². The van der Waals surface area contributed by atoms with Crippen molar-refractivity contribution in [1.29, 1.82) is 0 Å². The lowest BCUT2D eigenvalue weighted by atomic mass is 10.2. The number of anilines is 1. The molecule has 3 aromatic rings. The van der Waals surface area contributed by atoms with Gasteiger partial charge >= 0.3 is 0 Å². The molecular formula is C16H16N4O2S. The SMILES string of the molecule is Cc1ccc(C(=O)Nc2cc(-c3cccs3)nn2CCO)cn1. The molecule has 7 heteroatoms. The summed E-state index contributed by atoms with van der Waals surface area (Å²) in [5.41, 5.74) is 2.10. The zero-order valence-electron chi connectivity index (χ0n) is 12.6. The number of hydrogen-bond acceptors (Lipinski definition) is 5. The van der Waals surface area contributed by atoms with Crippen molar-refractivity contribution in [3.63, 3.8) is 0 Å². The highest BCUT2D eigenvalue weighted by Crippen LogP contribution is 2.26. The highest BCUT2D eigenvalue weighted by molar-refractivity contribution is 7.13. The monoisotopic (exact) mass is 328 g/mol. The summed E-state index contributed by atoms with van der Waals surface area (Å²) in [5, 5.41) is 18.4. The van der Waals surface area contributed by atoms with Gasteiger partial charge in [-0.15, -0.1) is 11.3 Å². The maximum absolute atomic E-state index is 12.3. The Morgan fingerprint density at radius 3 is 2.91 bits per heavy atom. The second-order valence-corrected chi connectivity index (χ2v) is 5.93. The Bertz CT molecular complexity index is 794. The van der Waals surface area contributed by atoms with Crippen molar-refractivity contribution in [2.45, 2.75) is 13.5 Å². The average molecular weight is 328 g/mol. The second-order valence-electron chi connectivity index (χ2n) is 4.98. The highest BCUT2D eigenvalue weighted by Gasteiger charge is 2.14. The first-order valence-corrected chi connectivity index (χ1v) is 8.02. The van der Waals surface area contributed by atoms with Gasteiger partial charge in [0.1, 0.15) is 11.5 Å². The summed E-state index contributed by atoms with van der Waals surface area (Å²) in [7, 11) is 0. The molecule has 0 aliphatic carbocycles. The predicted molar refractivity (Wildman–Crippen MR) is 89.6 cm³/mol. The minimum atomic E-state index is -0.255. The lowest BCUT2D eigenvalue weighted by Crippen LogP contribution is -2.17. The second kappa shape index (κ2) is 6.72. The van der Waals surface area contributed by atoms with Crippen molar-refractivity contribution < 1.29 is 9.90 Å². The van der Waals surface area contributed by atoms with Gasteiger partial charge in [0.2, 0.25) is 0 Å². The van der Waals surface area contributed by atoms with Gasteiger partial charge in [0.25, 0.3) is 5.91 Å². The van der Waals surface area contributed by atoms with Crippen LogP contribution < -0.4 is 5.32 Å². The van der Waals surface area contributed by atoms with E-state index in [1.54, 1.807) is 34.2 Å². The van der Waals surface area contributed by atoms with Gasteiger partial charge in [-0.2, -0.15) is 5.10 Å². The van der Waals surface area contributed by atoms with Gasteiger partial charge in [0, 0.05) is 18.0 Å². The summed E-state index contributed by atoms with van der Waals surface area (Å²) >= 11 is 1.57. The number of nitrogens with zero attached hydrogens (tertiary/aromatic N) is 3. The van der Waals surface area contributed by atoms with Crippen LogP contribution in [0.25, 0.3) is 10.6 Å². The molecule has 0 bridgehead atoms. The molecule has 3 rings (SSSR count). The molecule has 23 heavy (non-hydrogen) atoms. The number of aryl methyl sites for hydroxylation is 1. The topological polar surface area (TPSA) is 80.0 Å². The number of pyridine rings is 1. The van der Waals surface area contributed by atoms with Crippen LogP contribution >= 0.6 is 11.3 Å². The normalized spacial score (nSPS) is 10.7. The molecule has 0 saturated heterocycles. The lowest BCUT2D eigenvalue weighted by Gasteiger charge is -2.07. The molecule has 0 radical (unpaired) electrons. The predicted octanol–water partition coefficient (Wildman–Crippen LogP) is 2.56. The maximum Gasteiger partial charge on any atom is 0.258 e. The number of nitrogens with one attached hydrogen (secondary N) is 1. The van der Waals surface area contributed by atoms with Gasteiger partial charge in [0.15, 0.2) is 0 Å². The molecule has 0 aliphatic rings. The lowest BCUT2D eigenvalue weighted by molar-refractivity contribution is 0.102. The third-order valence-electron chi connectivity index (χ3n) is 3.28. The number of thiophene rings is 1. The zero-order chi connectivity index (χ0) is 16.2. The molecule has 0 aromatic carbocycles. The number of carbonyl (C=O) groups excluding carboxylic acids is 1. The number of aromatic nitrogens is 3. The van der Waals surface area contributed by atoms with Gasteiger partial charge < -0.3 is 10.4 Å². The Balaban J connectivity index is 1.86. The number of hydrogen-bond donors (Lipinski definition) is 2. The Kier molecular flexibility index (Phi) is 4.50. The Labute approximate surface area is 137 Å². The van der Waals surface area contributed by atoms with Crippen LogP contribution in [0.1, 0.15) is 16.1 Å². The quantitative estimate of drug-likeness (QED) is 0.754. The van der Waals surface area contributed by atoms with Crippen LogP contribution in [-0.4, -0.2) is 32.4 Å². The smallest absolute Gasteiger partial charge is 0.258 e. The fourth-order valence-corrected chi connectivity index (χ4v) is 2.80. The van der Waals surface area contributed by atoms with E-state index in [1.807, 2.05) is 24.4 Å². The standard InChI is InChI=1S/C16H16N4O2S/c1-11-4-5-12(10-17-11)16(22)18-15-9-13(14-3-2-8-23-14)19-20(15)6-7-21/h2-5,8-10,21H,6-7H2,1H3,(H,18,22). The number of aliphatic hydroxyl groups is 1. The molecule has 0 fully saturated rings. The minimum Gasteiger partial charge on any atom is -0.394 e. The van der Waals surface area contributed by atoms with Crippen LogP contribution in [0.5, 0.6) is 0 Å². The van der Waals surface area contributed by atoms with E-state index >= 15 is 0 Å². The van der Waals surface area contributed by atoms with Gasteiger partial charge in [-0.25, -0.2) is 4.68 Å². The summed E-state index contributed by atoms with van der Waals surface area (Å²) in [6.45, 7) is 2.12. The summed E-state index contributed by atoms with van der Waals surface area (Å²) in [6.07, 6.45) is 1.54. The van der Waals surface area contributed by atoms with Crippen molar-refractivity contribution in [3.05, 3.63) is 53.2 Å². The van der Waals surface area contributed by atoms with E-state index in [0.29, 0.717) is 17.9 Å². The minimum absolute atomic E-state index is 0.0550. The van der Waals surface area contributed by atoms with E-state index in [4.69, 9.17) is 0 Å². The Hall–Kier alpha value is -2.51. The molecule has 3 aromatic heterocycles. The van der Waals surface area contributed by atoms with Crippen LogP contribution in [-0.2, 0) is 6.54 Å². The van der Waals surface area contributed by atoms with E-state index in [0.717, 1.165) is 16.3 Å². The van der Waals surface area contributed by atoms with Crippen LogP contribution in [0, 0.1) is 6.92 Å². The van der Waals surface area contributed by atoms with Crippen LogP contribution in [0.3, 0.4) is 0 Å². The molecule has 0 spiro atoms. The maximum atomic E-state index is 12.3. The van der Waals surface area contributed by atoms with Crippen molar-refractivity contribution in [1.82, 2.24) is 14.8 Å². The van der Waals surface area contributed by atoms with Crippen LogP contribution in [0.2, 0.25) is 0 Å². The fraction of sp³-hybridized carbons (Fsp3) is 0.188. The van der Waals surface area contributed by atoms with E-state index in [1.165, 1.54) is 6.20 Å². The molecule has 6 nitrogen and oxygen atoms in total. The molecule has 118 valence electrons. The first kappa shape index (κ1) is 15.4. The number of carbonyl (C=O) groups is 1.